The van der Waals surface area contributed by atoms with Crippen molar-refractivity contribution in [2.75, 3.05) is 19.8 Å². The minimum atomic E-state index is -0.486. The van der Waals surface area contributed by atoms with E-state index >= 15 is 0 Å². The third-order valence-corrected chi connectivity index (χ3v) is 3.00. The molecule has 2 N–H and O–H groups in total. The molecule has 0 aliphatic heterocycles. The molecule has 0 aromatic heterocycles. The first-order chi connectivity index (χ1) is 8.99. The molecule has 0 saturated carbocycles. The normalized spacial score (nSPS) is 14.6. The van der Waals surface area contributed by atoms with E-state index in [1.807, 2.05) is 31.2 Å². The van der Waals surface area contributed by atoms with Crippen LogP contribution in [0.1, 0.15) is 32.4 Å². The van der Waals surface area contributed by atoms with E-state index in [9.17, 15) is 5.11 Å². The van der Waals surface area contributed by atoms with Crippen LogP contribution in [0, 0.1) is 5.92 Å². The van der Waals surface area contributed by atoms with Crippen LogP contribution in [0.25, 0.3) is 0 Å². The Hall–Kier alpha value is -0.610. The first-order valence-corrected chi connectivity index (χ1v) is 7.11. The first kappa shape index (κ1) is 16.4. The number of halogens is 1. The van der Waals surface area contributed by atoms with Crippen molar-refractivity contribution in [3.8, 4) is 0 Å². The topological polar surface area (TPSA) is 41.5 Å². The Balaban J connectivity index is 2.27. The lowest BCUT2D eigenvalue weighted by Gasteiger charge is -2.18. The fourth-order valence-corrected chi connectivity index (χ4v) is 1.90. The molecule has 0 spiro atoms. The Labute approximate surface area is 120 Å². The average Bonchev–Trinajstić information content (AvgIpc) is 2.35. The smallest absolute Gasteiger partial charge is 0.0897 e. The largest absolute Gasteiger partial charge is 0.389 e. The van der Waals surface area contributed by atoms with Gasteiger partial charge in [-0.2, -0.15) is 0 Å². The molecule has 2 atom stereocenters. The van der Waals surface area contributed by atoms with Crippen molar-refractivity contribution in [2.45, 2.75) is 32.9 Å². The second-order valence-corrected chi connectivity index (χ2v) is 5.71. The average molecular weight is 286 g/mol. The Morgan fingerprint density at radius 2 is 2.00 bits per heavy atom. The van der Waals surface area contributed by atoms with Gasteiger partial charge in [-0.3, -0.25) is 0 Å². The van der Waals surface area contributed by atoms with Crippen LogP contribution in [-0.2, 0) is 4.74 Å². The number of ether oxygens (including phenoxy) is 1. The van der Waals surface area contributed by atoms with Crippen molar-refractivity contribution in [3.63, 3.8) is 0 Å². The van der Waals surface area contributed by atoms with Crippen molar-refractivity contribution >= 4 is 11.6 Å². The molecule has 19 heavy (non-hydrogen) atoms. The number of aliphatic hydroxyl groups is 1. The van der Waals surface area contributed by atoms with E-state index in [0.717, 1.165) is 10.6 Å². The predicted molar refractivity (Wildman–Crippen MR) is 79.5 cm³/mol. The van der Waals surface area contributed by atoms with Gasteiger partial charge in [0.1, 0.15) is 0 Å². The molecule has 0 amide bonds. The van der Waals surface area contributed by atoms with E-state index in [0.29, 0.717) is 25.7 Å². The summed E-state index contributed by atoms with van der Waals surface area (Å²) in [5, 5.41) is 13.8. The summed E-state index contributed by atoms with van der Waals surface area (Å²) in [6, 6.07) is 7.88. The molecule has 1 aromatic carbocycles. The third-order valence-electron chi connectivity index (χ3n) is 2.77. The molecule has 1 unspecified atom stereocenters. The van der Waals surface area contributed by atoms with E-state index in [2.05, 4.69) is 19.2 Å². The van der Waals surface area contributed by atoms with Crippen molar-refractivity contribution < 1.29 is 9.84 Å². The summed E-state index contributed by atoms with van der Waals surface area (Å²) in [6.07, 6.45) is -0.486. The van der Waals surface area contributed by atoms with Crippen LogP contribution in [-0.4, -0.2) is 31.0 Å². The van der Waals surface area contributed by atoms with E-state index < -0.39 is 6.10 Å². The van der Waals surface area contributed by atoms with Gasteiger partial charge in [0.2, 0.25) is 0 Å². The Morgan fingerprint density at radius 3 is 2.63 bits per heavy atom. The van der Waals surface area contributed by atoms with E-state index in [1.165, 1.54) is 0 Å². The summed E-state index contributed by atoms with van der Waals surface area (Å²) >= 11 is 5.95. The fourth-order valence-electron chi connectivity index (χ4n) is 1.71. The number of hydrogen-bond acceptors (Lipinski definition) is 3. The summed E-state index contributed by atoms with van der Waals surface area (Å²) in [4.78, 5) is 0. The maximum atomic E-state index is 9.80. The Kier molecular flexibility index (Phi) is 7.39. The molecule has 0 aliphatic rings. The van der Waals surface area contributed by atoms with Crippen LogP contribution in [0.2, 0.25) is 5.02 Å². The molecule has 0 saturated heterocycles. The second kappa shape index (κ2) is 8.54. The van der Waals surface area contributed by atoms with Crippen LogP contribution in [0.4, 0.5) is 0 Å². The van der Waals surface area contributed by atoms with Gasteiger partial charge in [0.15, 0.2) is 0 Å². The molecule has 0 fully saturated rings. The molecular weight excluding hydrogens is 262 g/mol. The Morgan fingerprint density at radius 1 is 1.26 bits per heavy atom. The highest BCUT2D eigenvalue weighted by atomic mass is 35.5. The van der Waals surface area contributed by atoms with Crippen LogP contribution in [0.5, 0.6) is 0 Å². The highest BCUT2D eigenvalue weighted by molar-refractivity contribution is 6.30. The van der Waals surface area contributed by atoms with Crippen LogP contribution in [0.15, 0.2) is 24.3 Å². The van der Waals surface area contributed by atoms with Gasteiger partial charge in [-0.25, -0.2) is 0 Å². The molecule has 0 aliphatic carbocycles. The minimum absolute atomic E-state index is 0.151. The van der Waals surface area contributed by atoms with Crippen molar-refractivity contribution in [1.82, 2.24) is 5.32 Å². The molecule has 0 heterocycles. The monoisotopic (exact) mass is 285 g/mol. The van der Waals surface area contributed by atoms with Crippen LogP contribution < -0.4 is 5.32 Å². The minimum Gasteiger partial charge on any atom is -0.389 e. The molecule has 1 rings (SSSR count). The van der Waals surface area contributed by atoms with Gasteiger partial charge in [-0.05, 0) is 30.5 Å². The molecular formula is C15H24ClNO2. The number of benzene rings is 1. The van der Waals surface area contributed by atoms with Crippen LogP contribution in [0.3, 0.4) is 0 Å². The maximum absolute atomic E-state index is 9.80. The molecule has 0 radical (unpaired) electrons. The zero-order chi connectivity index (χ0) is 14.3. The van der Waals surface area contributed by atoms with Gasteiger partial charge in [-0.15, -0.1) is 0 Å². The fraction of sp³-hybridized carbons (Fsp3) is 0.600. The summed E-state index contributed by atoms with van der Waals surface area (Å²) in [5.41, 5.74) is 1.11. The lowest BCUT2D eigenvalue weighted by atomic mass is 10.1. The number of aliphatic hydroxyl groups excluding tert-OH is 1. The van der Waals surface area contributed by atoms with Gasteiger partial charge >= 0.3 is 0 Å². The quantitative estimate of drug-likeness (QED) is 0.771. The zero-order valence-corrected chi connectivity index (χ0v) is 12.7. The molecule has 4 heteroatoms. The number of nitrogens with one attached hydrogen (secondary N) is 1. The summed E-state index contributed by atoms with van der Waals surface area (Å²) in [5.74, 6) is 0.491. The summed E-state index contributed by atoms with van der Waals surface area (Å²) < 4.78 is 5.40. The van der Waals surface area contributed by atoms with E-state index in [4.69, 9.17) is 16.3 Å². The van der Waals surface area contributed by atoms with Gasteiger partial charge < -0.3 is 15.2 Å². The van der Waals surface area contributed by atoms with Gasteiger partial charge in [-0.1, -0.05) is 37.6 Å². The predicted octanol–water partition coefficient (Wildman–Crippen LogP) is 3.02. The summed E-state index contributed by atoms with van der Waals surface area (Å²) in [7, 11) is 0. The van der Waals surface area contributed by atoms with E-state index in [1.54, 1.807) is 0 Å². The van der Waals surface area contributed by atoms with Crippen LogP contribution >= 0.6 is 11.6 Å². The van der Waals surface area contributed by atoms with Crippen molar-refractivity contribution in [2.24, 2.45) is 5.92 Å². The maximum Gasteiger partial charge on any atom is 0.0897 e. The standard InChI is InChI=1S/C15H24ClNO2/c1-11(2)9-19-10-15(18)8-17-12(3)13-5-4-6-14(16)7-13/h4-7,11-12,15,17-18H,8-10H2,1-3H3/t12-,15?/m1/s1. The number of hydrogen-bond donors (Lipinski definition) is 2. The molecule has 108 valence electrons. The van der Waals surface area contributed by atoms with Gasteiger partial charge in [0.05, 0.1) is 12.7 Å². The van der Waals surface area contributed by atoms with E-state index in [-0.39, 0.29) is 6.04 Å². The zero-order valence-electron chi connectivity index (χ0n) is 11.9. The van der Waals surface area contributed by atoms with Crippen molar-refractivity contribution in [3.05, 3.63) is 34.9 Å². The second-order valence-electron chi connectivity index (χ2n) is 5.27. The first-order valence-electron chi connectivity index (χ1n) is 6.73. The lowest BCUT2D eigenvalue weighted by molar-refractivity contribution is 0.0252. The number of rotatable bonds is 8. The molecule has 0 bridgehead atoms. The van der Waals surface area contributed by atoms with Gasteiger partial charge in [0, 0.05) is 24.2 Å². The Bertz CT molecular complexity index is 371. The molecule has 1 aromatic rings. The molecule has 3 nitrogen and oxygen atoms in total. The van der Waals surface area contributed by atoms with Crippen molar-refractivity contribution in [1.29, 1.82) is 0 Å². The highest BCUT2D eigenvalue weighted by Crippen LogP contribution is 2.17. The SMILES string of the molecule is CC(C)COCC(O)CN[C@H](C)c1cccc(Cl)c1. The summed E-state index contributed by atoms with van der Waals surface area (Å²) in [6.45, 7) is 7.78. The highest BCUT2D eigenvalue weighted by Gasteiger charge is 2.09. The third kappa shape index (κ3) is 6.92. The lowest BCUT2D eigenvalue weighted by Crippen LogP contribution is -2.32. The van der Waals surface area contributed by atoms with Gasteiger partial charge in [0.25, 0.3) is 0 Å².